The van der Waals surface area contributed by atoms with Crippen LogP contribution in [0.25, 0.3) is 0 Å². The summed E-state index contributed by atoms with van der Waals surface area (Å²) in [5.74, 6) is -0.678. The molecule has 0 spiro atoms. The molecule has 0 unspecified atom stereocenters. The Balaban J connectivity index is 2.73. The zero-order valence-electron chi connectivity index (χ0n) is 8.06. The molecule has 15 heavy (non-hydrogen) atoms. The van der Waals surface area contributed by atoms with Gasteiger partial charge in [0, 0.05) is 13.0 Å². The van der Waals surface area contributed by atoms with Crippen LogP contribution in [0.2, 0.25) is 0 Å². The van der Waals surface area contributed by atoms with E-state index < -0.39 is 5.91 Å². The van der Waals surface area contributed by atoms with Crippen molar-refractivity contribution >= 4 is 17.9 Å². The van der Waals surface area contributed by atoms with Gasteiger partial charge in [0.05, 0.1) is 11.3 Å². The number of nitrogen functional groups attached to an aromatic ring is 1. The Hall–Kier alpha value is -2.04. The lowest BCUT2D eigenvalue weighted by molar-refractivity contribution is -0.107. The maximum absolute atomic E-state index is 11.4. The average Bonchev–Trinajstić information content (AvgIpc) is 2.22. The molecule has 0 atom stereocenters. The fourth-order valence-corrected chi connectivity index (χ4v) is 1.08. The van der Waals surface area contributed by atoms with Crippen molar-refractivity contribution in [2.75, 3.05) is 12.3 Å². The zero-order chi connectivity index (χ0) is 11.3. The first-order valence-electron chi connectivity index (χ1n) is 4.46. The summed E-state index contributed by atoms with van der Waals surface area (Å²) in [5, 5.41) is 12.0. The molecule has 0 aliphatic rings. The molecule has 4 N–H and O–H groups in total. The molecule has 0 saturated heterocycles. The standard InChI is InChI=1S/C10H12N2O3/c11-8-4-1-3-7(9(8)14)10(15)12-5-2-6-13/h1,3-4,6,14H,2,5,11H2,(H,12,15). The molecule has 1 aromatic rings. The van der Waals surface area contributed by atoms with Crippen molar-refractivity contribution in [1.82, 2.24) is 5.32 Å². The first-order valence-corrected chi connectivity index (χ1v) is 4.46. The average molecular weight is 208 g/mol. The summed E-state index contributed by atoms with van der Waals surface area (Å²) in [6.07, 6.45) is 0.953. The molecule has 5 heteroatoms. The van der Waals surface area contributed by atoms with E-state index in [1.54, 1.807) is 6.07 Å². The van der Waals surface area contributed by atoms with E-state index in [1.165, 1.54) is 12.1 Å². The first kappa shape index (κ1) is 11.0. The molecule has 0 saturated carbocycles. The Bertz CT molecular complexity index is 377. The number of phenols is 1. The fraction of sp³-hybridized carbons (Fsp3) is 0.200. The van der Waals surface area contributed by atoms with Gasteiger partial charge in [0.15, 0.2) is 5.75 Å². The number of hydrogen-bond acceptors (Lipinski definition) is 4. The number of aromatic hydroxyl groups is 1. The van der Waals surface area contributed by atoms with Crippen molar-refractivity contribution in [3.8, 4) is 5.75 Å². The van der Waals surface area contributed by atoms with Gasteiger partial charge in [0.25, 0.3) is 5.91 Å². The molecule has 0 bridgehead atoms. The topological polar surface area (TPSA) is 92.4 Å². The van der Waals surface area contributed by atoms with Crippen molar-refractivity contribution in [2.45, 2.75) is 6.42 Å². The molecule has 0 aliphatic carbocycles. The van der Waals surface area contributed by atoms with Crippen molar-refractivity contribution in [2.24, 2.45) is 0 Å². The number of phenolic OH excluding ortho intramolecular Hbond substituents is 1. The quantitative estimate of drug-likeness (QED) is 0.287. The minimum Gasteiger partial charge on any atom is -0.505 e. The fourth-order valence-electron chi connectivity index (χ4n) is 1.08. The van der Waals surface area contributed by atoms with Gasteiger partial charge in [-0.1, -0.05) is 6.07 Å². The third-order valence-corrected chi connectivity index (χ3v) is 1.86. The van der Waals surface area contributed by atoms with Crippen LogP contribution >= 0.6 is 0 Å². The molecule has 5 nitrogen and oxygen atoms in total. The summed E-state index contributed by atoms with van der Waals surface area (Å²) in [6.45, 7) is 0.247. The van der Waals surface area contributed by atoms with Crippen LogP contribution in [-0.2, 0) is 4.79 Å². The van der Waals surface area contributed by atoms with Crippen LogP contribution in [0.5, 0.6) is 5.75 Å². The second-order valence-electron chi connectivity index (χ2n) is 2.95. The number of carbonyl (C=O) groups is 2. The van der Waals surface area contributed by atoms with Crippen LogP contribution in [0.3, 0.4) is 0 Å². The molecule has 0 heterocycles. The number of anilines is 1. The van der Waals surface area contributed by atoms with Crippen molar-refractivity contribution in [1.29, 1.82) is 0 Å². The molecule has 1 rings (SSSR count). The predicted molar refractivity (Wildman–Crippen MR) is 55.5 cm³/mol. The van der Waals surface area contributed by atoms with Gasteiger partial charge in [-0.25, -0.2) is 0 Å². The van der Waals surface area contributed by atoms with Crippen LogP contribution < -0.4 is 11.1 Å². The lowest BCUT2D eigenvalue weighted by Gasteiger charge is -2.06. The maximum Gasteiger partial charge on any atom is 0.255 e. The van der Waals surface area contributed by atoms with Gasteiger partial charge in [-0.15, -0.1) is 0 Å². The lowest BCUT2D eigenvalue weighted by atomic mass is 10.1. The highest BCUT2D eigenvalue weighted by Crippen LogP contribution is 2.23. The largest absolute Gasteiger partial charge is 0.505 e. The Morgan fingerprint density at radius 3 is 2.93 bits per heavy atom. The summed E-state index contributed by atoms with van der Waals surface area (Å²) in [5.41, 5.74) is 5.69. The van der Waals surface area contributed by atoms with Crippen LogP contribution in [0.4, 0.5) is 5.69 Å². The predicted octanol–water partition coefficient (Wildman–Crippen LogP) is 0.293. The molecule has 0 aliphatic heterocycles. The second-order valence-corrected chi connectivity index (χ2v) is 2.95. The maximum atomic E-state index is 11.4. The Labute approximate surface area is 86.9 Å². The smallest absolute Gasteiger partial charge is 0.255 e. The van der Waals surface area contributed by atoms with Gasteiger partial charge in [0.2, 0.25) is 0 Å². The minimum atomic E-state index is -0.443. The number of amides is 1. The van der Waals surface area contributed by atoms with Gasteiger partial charge in [-0.3, -0.25) is 4.79 Å². The second kappa shape index (κ2) is 4.99. The number of nitrogens with two attached hydrogens (primary N) is 1. The third kappa shape index (κ3) is 2.70. The van der Waals surface area contributed by atoms with Crippen molar-refractivity contribution < 1.29 is 14.7 Å². The molecule has 0 aromatic heterocycles. The highest BCUT2D eigenvalue weighted by Gasteiger charge is 2.11. The van der Waals surface area contributed by atoms with Gasteiger partial charge >= 0.3 is 0 Å². The van der Waals surface area contributed by atoms with Gasteiger partial charge in [-0.05, 0) is 12.1 Å². The van der Waals surface area contributed by atoms with Gasteiger partial charge in [0.1, 0.15) is 6.29 Å². The monoisotopic (exact) mass is 208 g/mol. The molecule has 1 aromatic carbocycles. The molecule has 1 amide bonds. The summed E-state index contributed by atoms with van der Waals surface area (Å²) in [7, 11) is 0. The van der Waals surface area contributed by atoms with E-state index in [4.69, 9.17) is 5.73 Å². The molecule has 0 radical (unpaired) electrons. The minimum absolute atomic E-state index is 0.112. The lowest BCUT2D eigenvalue weighted by Crippen LogP contribution is -2.24. The normalized spacial score (nSPS) is 9.60. The number of nitrogens with one attached hydrogen (secondary N) is 1. The van der Waals surface area contributed by atoms with E-state index >= 15 is 0 Å². The Kier molecular flexibility index (Phi) is 3.68. The number of carbonyl (C=O) groups excluding carboxylic acids is 2. The van der Waals surface area contributed by atoms with E-state index in [2.05, 4.69) is 5.32 Å². The molecular weight excluding hydrogens is 196 g/mol. The van der Waals surface area contributed by atoms with Crippen LogP contribution in [0, 0.1) is 0 Å². The summed E-state index contributed by atoms with van der Waals surface area (Å²) in [4.78, 5) is 21.5. The summed E-state index contributed by atoms with van der Waals surface area (Å²) in [6, 6.07) is 4.53. The number of benzene rings is 1. The summed E-state index contributed by atoms with van der Waals surface area (Å²) >= 11 is 0. The van der Waals surface area contributed by atoms with Crippen LogP contribution in [0.1, 0.15) is 16.8 Å². The number of rotatable bonds is 4. The van der Waals surface area contributed by atoms with Gasteiger partial charge in [-0.2, -0.15) is 0 Å². The van der Waals surface area contributed by atoms with E-state index in [9.17, 15) is 14.7 Å². The van der Waals surface area contributed by atoms with Crippen molar-refractivity contribution in [3.05, 3.63) is 23.8 Å². The molecule has 0 fully saturated rings. The molecular formula is C10H12N2O3. The number of para-hydroxylation sites is 1. The number of hydrogen-bond donors (Lipinski definition) is 3. The van der Waals surface area contributed by atoms with E-state index in [1.807, 2.05) is 0 Å². The zero-order valence-corrected chi connectivity index (χ0v) is 8.06. The van der Waals surface area contributed by atoms with Crippen LogP contribution in [-0.4, -0.2) is 23.8 Å². The highest BCUT2D eigenvalue weighted by molar-refractivity contribution is 5.98. The Morgan fingerprint density at radius 2 is 2.27 bits per heavy atom. The first-order chi connectivity index (χ1) is 7.16. The third-order valence-electron chi connectivity index (χ3n) is 1.86. The number of aldehydes is 1. The van der Waals surface area contributed by atoms with Crippen molar-refractivity contribution in [3.63, 3.8) is 0 Å². The van der Waals surface area contributed by atoms with Gasteiger partial charge < -0.3 is 21.0 Å². The highest BCUT2D eigenvalue weighted by atomic mass is 16.3. The van der Waals surface area contributed by atoms with E-state index in [0.29, 0.717) is 6.29 Å². The summed E-state index contributed by atoms with van der Waals surface area (Å²) < 4.78 is 0. The SMILES string of the molecule is Nc1cccc(C(=O)NCCC=O)c1O. The van der Waals surface area contributed by atoms with E-state index in [-0.39, 0.29) is 30.0 Å². The Morgan fingerprint density at radius 1 is 1.53 bits per heavy atom. The molecule has 80 valence electrons. The van der Waals surface area contributed by atoms with E-state index in [0.717, 1.165) is 0 Å². The van der Waals surface area contributed by atoms with Crippen LogP contribution in [0.15, 0.2) is 18.2 Å².